The van der Waals surface area contributed by atoms with Gasteiger partial charge in [0.2, 0.25) is 11.5 Å². The largest absolute Gasteiger partial charge is 0.466 e. The van der Waals surface area contributed by atoms with Gasteiger partial charge in [-0.15, -0.1) is 0 Å². The quantitative estimate of drug-likeness (QED) is 0.630. The molecule has 0 fully saturated rings. The lowest BCUT2D eigenvalue weighted by Crippen LogP contribution is -1.91. The van der Waals surface area contributed by atoms with Crippen LogP contribution in [-0.4, -0.2) is 17.4 Å². The molecule has 0 aromatic rings. The molecule has 0 heterocycles. The van der Waals surface area contributed by atoms with Crippen molar-refractivity contribution in [2.45, 2.75) is 13.8 Å². The third-order valence-corrected chi connectivity index (χ3v) is 2.95. The maximum Gasteiger partial charge on any atom is 0.466 e. The molecule has 0 aromatic carbocycles. The molecule has 0 unspecified atom stereocenters. The topological polar surface area (TPSA) is 65.0 Å². The van der Waals surface area contributed by atoms with Crippen LogP contribution in [0, 0.1) is 0 Å². The van der Waals surface area contributed by atoms with Gasteiger partial charge in [0, 0.05) is 0 Å². The zero-order chi connectivity index (χ0) is 8.74. The van der Waals surface area contributed by atoms with Crippen LogP contribution in [0.4, 0.5) is 0 Å². The summed E-state index contributed by atoms with van der Waals surface area (Å²) in [4.78, 5) is 0. The Labute approximate surface area is 68.9 Å². The van der Waals surface area contributed by atoms with Crippen LogP contribution in [0.5, 0.6) is 0 Å². The van der Waals surface area contributed by atoms with E-state index >= 15 is 0 Å². The second-order valence-corrected chi connectivity index (χ2v) is 3.72. The molecule has 0 amide bonds. The Hall–Kier alpha value is -0.0300. The maximum absolute atomic E-state index is 11.2. The van der Waals surface area contributed by atoms with E-state index in [-0.39, 0.29) is 24.7 Å². The monoisotopic (exact) mass is 199 g/mol. The van der Waals surface area contributed by atoms with Crippen LogP contribution < -0.4 is 0 Å². The van der Waals surface area contributed by atoms with Crippen molar-refractivity contribution in [3.05, 3.63) is 0 Å². The summed E-state index contributed by atoms with van der Waals surface area (Å²) in [5.74, 6) is 0. The summed E-state index contributed by atoms with van der Waals surface area (Å²) >= 11 is -0.150. The molecule has 0 rings (SSSR count). The normalized spacial score (nSPS) is 11.1. The molecule has 0 aliphatic heterocycles. The van der Waals surface area contributed by atoms with E-state index in [0.29, 0.717) is 0 Å². The van der Waals surface area contributed by atoms with E-state index in [1.54, 1.807) is 13.8 Å². The summed E-state index contributed by atoms with van der Waals surface area (Å²) in [6.07, 6.45) is 0. The van der Waals surface area contributed by atoms with Crippen LogP contribution in [0.1, 0.15) is 13.8 Å². The van der Waals surface area contributed by atoms with Gasteiger partial charge in [-0.1, -0.05) is 4.13 Å². The molecule has 0 atom stereocenters. The third-order valence-electron chi connectivity index (χ3n) is 0.718. The van der Waals surface area contributed by atoms with Gasteiger partial charge in [-0.3, -0.25) is 9.05 Å². The summed E-state index contributed by atoms with van der Waals surface area (Å²) in [6, 6.07) is 0. The molecule has 0 spiro atoms. The third kappa shape index (κ3) is 4.42. The van der Waals surface area contributed by atoms with Crippen molar-refractivity contribution in [3.63, 3.8) is 0 Å². The Morgan fingerprint density at radius 1 is 1.36 bits per heavy atom. The van der Waals surface area contributed by atoms with Gasteiger partial charge in [-0.25, -0.2) is 4.57 Å². The number of rotatable bonds is 5. The molecule has 0 saturated heterocycles. The highest BCUT2D eigenvalue weighted by Gasteiger charge is 2.22. The average Bonchev–Trinajstić information content (AvgIpc) is 1.88. The molecule has 0 aromatic heterocycles. The first-order chi connectivity index (χ1) is 5.18. The zero-order valence-corrected chi connectivity index (χ0v) is 8.06. The SMILES string of the molecule is CCOP(=O)(N=S=O)OCC. The lowest BCUT2D eigenvalue weighted by Gasteiger charge is -2.08. The van der Waals surface area contributed by atoms with Gasteiger partial charge in [-0.05, 0) is 13.8 Å². The predicted molar refractivity (Wildman–Crippen MR) is 41.4 cm³/mol. The predicted octanol–water partition coefficient (Wildman–Crippen LogP) is 1.56. The highest BCUT2D eigenvalue weighted by atomic mass is 32.1. The molecule has 66 valence electrons. The van der Waals surface area contributed by atoms with Crippen LogP contribution in [0.15, 0.2) is 4.13 Å². The van der Waals surface area contributed by atoms with Crippen LogP contribution in [0.3, 0.4) is 0 Å². The summed E-state index contributed by atoms with van der Waals surface area (Å²) in [5.41, 5.74) is 0. The van der Waals surface area contributed by atoms with Crippen molar-refractivity contribution in [2.75, 3.05) is 13.2 Å². The van der Waals surface area contributed by atoms with Gasteiger partial charge in [0.25, 0.3) is 0 Å². The van der Waals surface area contributed by atoms with E-state index in [9.17, 15) is 8.77 Å². The Bertz CT molecular complexity index is 192. The Morgan fingerprint density at radius 2 is 1.82 bits per heavy atom. The van der Waals surface area contributed by atoms with Crippen molar-refractivity contribution in [3.8, 4) is 0 Å². The lowest BCUT2D eigenvalue weighted by atomic mass is 10.9. The van der Waals surface area contributed by atoms with E-state index in [0.717, 1.165) is 0 Å². The molecule has 7 heteroatoms. The fraction of sp³-hybridized carbons (Fsp3) is 1.00. The minimum absolute atomic E-state index is 0.150. The van der Waals surface area contributed by atoms with Gasteiger partial charge >= 0.3 is 7.75 Å². The summed E-state index contributed by atoms with van der Waals surface area (Å²) < 4.78 is 33.5. The maximum atomic E-state index is 11.2. The highest BCUT2D eigenvalue weighted by Crippen LogP contribution is 2.49. The molecular formula is C4H10NO4PS. The summed E-state index contributed by atoms with van der Waals surface area (Å²) in [7, 11) is -3.44. The minimum Gasteiger partial charge on any atom is -0.291 e. The fourth-order valence-corrected chi connectivity index (χ4v) is 1.88. The van der Waals surface area contributed by atoms with Gasteiger partial charge in [0.05, 0.1) is 13.2 Å². The van der Waals surface area contributed by atoms with Gasteiger partial charge in [-0.2, -0.15) is 4.21 Å². The van der Waals surface area contributed by atoms with Crippen molar-refractivity contribution in [1.82, 2.24) is 0 Å². The molecule has 0 aliphatic rings. The van der Waals surface area contributed by atoms with Crippen LogP contribution in [0.25, 0.3) is 0 Å². The first-order valence-corrected chi connectivity index (χ1v) is 5.28. The molecule has 11 heavy (non-hydrogen) atoms. The van der Waals surface area contributed by atoms with Crippen LogP contribution >= 0.6 is 7.75 Å². The number of hydrogen-bond acceptors (Lipinski definition) is 4. The Morgan fingerprint density at radius 3 is 2.09 bits per heavy atom. The number of nitrogens with zero attached hydrogens (tertiary/aromatic N) is 1. The van der Waals surface area contributed by atoms with E-state index < -0.39 is 7.75 Å². The minimum atomic E-state index is -3.44. The van der Waals surface area contributed by atoms with E-state index in [2.05, 4.69) is 13.2 Å². The van der Waals surface area contributed by atoms with Crippen LogP contribution in [0.2, 0.25) is 0 Å². The molecule has 0 aliphatic carbocycles. The second-order valence-electron chi connectivity index (χ2n) is 1.46. The van der Waals surface area contributed by atoms with Gasteiger partial charge in [0.1, 0.15) is 0 Å². The average molecular weight is 199 g/mol. The van der Waals surface area contributed by atoms with Crippen molar-refractivity contribution >= 4 is 19.2 Å². The zero-order valence-electron chi connectivity index (χ0n) is 6.35. The van der Waals surface area contributed by atoms with Crippen molar-refractivity contribution in [2.24, 2.45) is 4.13 Å². The van der Waals surface area contributed by atoms with E-state index in [4.69, 9.17) is 0 Å². The molecule has 0 bridgehead atoms. The Balaban J connectivity index is 4.25. The van der Waals surface area contributed by atoms with Crippen molar-refractivity contribution < 1.29 is 17.8 Å². The van der Waals surface area contributed by atoms with E-state index in [1.807, 2.05) is 0 Å². The van der Waals surface area contributed by atoms with Gasteiger partial charge < -0.3 is 0 Å². The smallest absolute Gasteiger partial charge is 0.291 e. The molecule has 5 nitrogen and oxygen atoms in total. The van der Waals surface area contributed by atoms with Crippen molar-refractivity contribution in [1.29, 1.82) is 0 Å². The number of hydrogen-bond donors (Lipinski definition) is 0. The summed E-state index contributed by atoms with van der Waals surface area (Å²) in [6.45, 7) is 3.72. The first kappa shape index (κ1) is 11.0. The molecule has 0 N–H and O–H groups in total. The second kappa shape index (κ2) is 5.60. The standard InChI is InChI=1S/C4H10NO4PS/c1-3-8-10(6,5-11-7)9-4-2/h3-4H2,1-2H3. The Kier molecular flexibility index (Phi) is 5.58. The van der Waals surface area contributed by atoms with Crippen LogP contribution in [-0.2, 0) is 25.1 Å². The van der Waals surface area contributed by atoms with E-state index in [1.165, 1.54) is 0 Å². The first-order valence-electron chi connectivity index (χ1n) is 3.09. The highest BCUT2D eigenvalue weighted by molar-refractivity contribution is 7.65. The van der Waals surface area contributed by atoms with Gasteiger partial charge in [0.15, 0.2) is 0 Å². The lowest BCUT2D eigenvalue weighted by molar-refractivity contribution is 0.222. The molecule has 0 radical (unpaired) electrons. The summed E-state index contributed by atoms with van der Waals surface area (Å²) in [5, 5.41) is 0. The molecular weight excluding hydrogens is 189 g/mol. The fourth-order valence-electron chi connectivity index (χ4n) is 0.452. The molecule has 0 saturated carbocycles.